The molecular formula is C19H22N2O2S. The summed E-state index contributed by atoms with van der Waals surface area (Å²) in [5.41, 5.74) is 1.64. The number of pyridine rings is 1. The molecule has 126 valence electrons. The summed E-state index contributed by atoms with van der Waals surface area (Å²) in [5.74, 6) is 3.06. The number of rotatable bonds is 4. The Bertz CT molecular complexity index is 803. The number of carbonyl (C=O) groups is 1. The van der Waals surface area contributed by atoms with Crippen molar-refractivity contribution in [2.45, 2.75) is 38.7 Å². The van der Waals surface area contributed by atoms with Gasteiger partial charge in [-0.1, -0.05) is 5.92 Å². The van der Waals surface area contributed by atoms with Gasteiger partial charge in [-0.15, -0.1) is 18.2 Å². The van der Waals surface area contributed by atoms with E-state index in [1.54, 1.807) is 6.20 Å². The Labute approximate surface area is 147 Å². The van der Waals surface area contributed by atoms with Crippen LogP contribution in [0, 0.1) is 19.3 Å². The Kier molecular flexibility index (Phi) is 5.40. The van der Waals surface area contributed by atoms with Crippen molar-refractivity contribution in [3.05, 3.63) is 35.5 Å². The van der Waals surface area contributed by atoms with E-state index in [0.717, 1.165) is 16.5 Å². The molecule has 5 heteroatoms. The SMILES string of the molecule is C#Cc1cnc2c(C)cc(OC(SC)C(=O)NC(C)(C)C)cc2c1. The minimum Gasteiger partial charge on any atom is -0.470 e. The van der Waals surface area contributed by atoms with Crippen molar-refractivity contribution in [2.75, 3.05) is 6.26 Å². The summed E-state index contributed by atoms with van der Waals surface area (Å²) in [6, 6.07) is 5.65. The number of aromatic nitrogens is 1. The summed E-state index contributed by atoms with van der Waals surface area (Å²) in [6.07, 6.45) is 8.96. The Morgan fingerprint density at radius 1 is 1.38 bits per heavy atom. The van der Waals surface area contributed by atoms with Gasteiger partial charge in [0.25, 0.3) is 5.91 Å². The molecule has 2 aromatic rings. The predicted octanol–water partition coefficient (Wildman–Crippen LogP) is 3.51. The third kappa shape index (κ3) is 4.42. The number of nitrogens with zero attached hydrogens (tertiary/aromatic N) is 1. The van der Waals surface area contributed by atoms with E-state index >= 15 is 0 Å². The number of aryl methyl sites for hydroxylation is 1. The average Bonchev–Trinajstić information content (AvgIpc) is 2.50. The van der Waals surface area contributed by atoms with Gasteiger partial charge in [-0.2, -0.15) is 0 Å². The number of thioether (sulfide) groups is 1. The van der Waals surface area contributed by atoms with Crippen LogP contribution in [0.5, 0.6) is 5.75 Å². The third-order valence-corrected chi connectivity index (χ3v) is 4.02. The van der Waals surface area contributed by atoms with E-state index in [4.69, 9.17) is 11.2 Å². The van der Waals surface area contributed by atoms with E-state index in [9.17, 15) is 4.79 Å². The first-order valence-corrected chi connectivity index (χ1v) is 8.91. The van der Waals surface area contributed by atoms with Crippen molar-refractivity contribution in [1.29, 1.82) is 0 Å². The average molecular weight is 342 g/mol. The van der Waals surface area contributed by atoms with E-state index in [1.807, 2.05) is 52.1 Å². The van der Waals surface area contributed by atoms with E-state index < -0.39 is 5.44 Å². The minimum atomic E-state index is -0.621. The highest BCUT2D eigenvalue weighted by Gasteiger charge is 2.24. The van der Waals surface area contributed by atoms with Crippen molar-refractivity contribution in [2.24, 2.45) is 0 Å². The molecule has 24 heavy (non-hydrogen) atoms. The first kappa shape index (κ1) is 18.2. The van der Waals surface area contributed by atoms with Crippen LogP contribution in [-0.2, 0) is 4.79 Å². The molecule has 1 amide bonds. The molecule has 1 aromatic heterocycles. The standard InChI is InChI=1S/C19H22N2O2S/c1-7-13-9-14-10-15(8-12(2)16(14)20-11-13)23-18(24-6)17(22)21-19(3,4)5/h1,8-11,18H,2-6H3,(H,21,22). The van der Waals surface area contributed by atoms with Gasteiger partial charge < -0.3 is 10.1 Å². The number of nitrogens with one attached hydrogen (secondary N) is 1. The van der Waals surface area contributed by atoms with Gasteiger partial charge in [0, 0.05) is 22.7 Å². The van der Waals surface area contributed by atoms with Crippen LogP contribution in [0.4, 0.5) is 0 Å². The number of hydrogen-bond donors (Lipinski definition) is 1. The van der Waals surface area contributed by atoms with Crippen molar-refractivity contribution in [3.63, 3.8) is 0 Å². The molecule has 0 aliphatic rings. The molecule has 4 nitrogen and oxygen atoms in total. The van der Waals surface area contributed by atoms with Gasteiger partial charge in [-0.25, -0.2) is 0 Å². The first-order chi connectivity index (χ1) is 11.2. The summed E-state index contributed by atoms with van der Waals surface area (Å²) in [5, 5.41) is 3.84. The van der Waals surface area contributed by atoms with Gasteiger partial charge in [0.15, 0.2) is 0 Å². The fourth-order valence-corrected chi connectivity index (χ4v) is 2.79. The summed E-state index contributed by atoms with van der Waals surface area (Å²) >= 11 is 1.35. The lowest BCUT2D eigenvalue weighted by atomic mass is 10.1. The number of terminal acetylenes is 1. The van der Waals surface area contributed by atoms with E-state index in [1.165, 1.54) is 11.8 Å². The zero-order valence-corrected chi connectivity index (χ0v) is 15.5. The molecule has 1 heterocycles. The normalized spacial score (nSPS) is 12.5. The Hall–Kier alpha value is -2.19. The predicted molar refractivity (Wildman–Crippen MR) is 100 cm³/mol. The molecule has 0 radical (unpaired) electrons. The Morgan fingerprint density at radius 2 is 2.08 bits per heavy atom. The first-order valence-electron chi connectivity index (χ1n) is 7.62. The zero-order chi connectivity index (χ0) is 17.9. The number of fused-ring (bicyclic) bond motifs is 1. The van der Waals surface area contributed by atoms with Crippen LogP contribution in [0.25, 0.3) is 10.9 Å². The second kappa shape index (κ2) is 7.14. The monoisotopic (exact) mass is 342 g/mol. The number of carbonyl (C=O) groups excluding carboxylic acids is 1. The molecule has 1 N–H and O–H groups in total. The van der Waals surface area contributed by atoms with Crippen LogP contribution in [0.15, 0.2) is 24.4 Å². The largest absolute Gasteiger partial charge is 0.470 e. The molecule has 0 aliphatic heterocycles. The second-order valence-corrected chi connectivity index (χ2v) is 7.50. The van der Waals surface area contributed by atoms with Gasteiger partial charge in [0.05, 0.1) is 5.52 Å². The van der Waals surface area contributed by atoms with Crippen LogP contribution in [-0.4, -0.2) is 28.1 Å². The molecule has 0 aliphatic carbocycles. The van der Waals surface area contributed by atoms with Crippen molar-refractivity contribution < 1.29 is 9.53 Å². The van der Waals surface area contributed by atoms with Crippen LogP contribution in [0.2, 0.25) is 0 Å². The van der Waals surface area contributed by atoms with E-state index in [2.05, 4.69) is 16.2 Å². The molecule has 2 rings (SSSR count). The topological polar surface area (TPSA) is 51.2 Å². The fraction of sp³-hybridized carbons (Fsp3) is 0.368. The fourth-order valence-electron chi connectivity index (χ4n) is 2.31. The van der Waals surface area contributed by atoms with E-state index in [-0.39, 0.29) is 11.4 Å². The van der Waals surface area contributed by atoms with Gasteiger partial charge >= 0.3 is 0 Å². The number of benzene rings is 1. The molecule has 0 saturated carbocycles. The lowest BCUT2D eigenvalue weighted by molar-refractivity contribution is -0.125. The highest BCUT2D eigenvalue weighted by Crippen LogP contribution is 2.26. The van der Waals surface area contributed by atoms with Gasteiger partial charge in [-0.05, 0) is 57.7 Å². The number of hydrogen-bond acceptors (Lipinski definition) is 4. The maximum Gasteiger partial charge on any atom is 0.272 e. The quantitative estimate of drug-likeness (QED) is 0.682. The minimum absolute atomic E-state index is 0.150. The van der Waals surface area contributed by atoms with Crippen LogP contribution in [0.3, 0.4) is 0 Å². The Morgan fingerprint density at radius 3 is 2.67 bits per heavy atom. The van der Waals surface area contributed by atoms with Gasteiger partial charge in [-0.3, -0.25) is 9.78 Å². The highest BCUT2D eigenvalue weighted by atomic mass is 32.2. The van der Waals surface area contributed by atoms with Gasteiger partial charge in [0.2, 0.25) is 5.44 Å². The molecule has 1 atom stereocenters. The lowest BCUT2D eigenvalue weighted by Gasteiger charge is -2.24. The summed E-state index contributed by atoms with van der Waals surface area (Å²) in [7, 11) is 0. The summed E-state index contributed by atoms with van der Waals surface area (Å²) in [6.45, 7) is 7.78. The van der Waals surface area contributed by atoms with Crippen LogP contribution < -0.4 is 10.1 Å². The summed E-state index contributed by atoms with van der Waals surface area (Å²) in [4.78, 5) is 16.7. The molecule has 1 unspecified atom stereocenters. The molecule has 0 fully saturated rings. The highest BCUT2D eigenvalue weighted by molar-refractivity contribution is 7.99. The third-order valence-electron chi connectivity index (χ3n) is 3.28. The number of ether oxygens (including phenoxy) is 1. The molecule has 1 aromatic carbocycles. The van der Waals surface area contributed by atoms with Crippen molar-refractivity contribution in [3.8, 4) is 18.1 Å². The lowest BCUT2D eigenvalue weighted by Crippen LogP contribution is -2.46. The maximum atomic E-state index is 12.3. The van der Waals surface area contributed by atoms with E-state index in [0.29, 0.717) is 11.3 Å². The smallest absolute Gasteiger partial charge is 0.272 e. The van der Waals surface area contributed by atoms with Gasteiger partial charge in [0.1, 0.15) is 5.75 Å². The Balaban J connectivity index is 2.31. The number of amides is 1. The van der Waals surface area contributed by atoms with Crippen molar-refractivity contribution in [1.82, 2.24) is 10.3 Å². The second-order valence-electron chi connectivity index (χ2n) is 6.60. The van der Waals surface area contributed by atoms with Crippen LogP contribution in [0.1, 0.15) is 31.9 Å². The zero-order valence-electron chi connectivity index (χ0n) is 14.6. The maximum absolute atomic E-state index is 12.3. The summed E-state index contributed by atoms with van der Waals surface area (Å²) < 4.78 is 5.91. The van der Waals surface area contributed by atoms with Crippen molar-refractivity contribution >= 4 is 28.6 Å². The molecule has 0 bridgehead atoms. The molecule has 0 saturated heterocycles. The van der Waals surface area contributed by atoms with Crippen LogP contribution >= 0.6 is 11.8 Å². The molecule has 0 spiro atoms. The molecular weight excluding hydrogens is 320 g/mol.